The Labute approximate surface area is 313 Å². The van der Waals surface area contributed by atoms with Crippen molar-refractivity contribution in [1.82, 2.24) is 0 Å². The van der Waals surface area contributed by atoms with E-state index in [2.05, 4.69) is 72.3 Å². The van der Waals surface area contributed by atoms with E-state index in [9.17, 15) is 9.59 Å². The van der Waals surface area contributed by atoms with Crippen LogP contribution < -0.4 is 0 Å². The van der Waals surface area contributed by atoms with Gasteiger partial charge in [0.2, 0.25) is 0 Å². The number of rotatable bonds is 36. The second kappa shape index (κ2) is 38.6. The van der Waals surface area contributed by atoms with Crippen molar-refractivity contribution in [3.63, 3.8) is 0 Å². The van der Waals surface area contributed by atoms with E-state index in [1.165, 1.54) is 89.9 Å². The zero-order chi connectivity index (χ0) is 35.9. The average molecular weight is 828 g/mol. The Balaban J connectivity index is 3.57. The predicted octanol–water partition coefficient (Wildman–Crippen LogP) is 13.9. The maximum absolute atomic E-state index is 12.1. The molecule has 7 heteroatoms. The number of allylic oxidation sites excluding steroid dienone is 8. The van der Waals surface area contributed by atoms with Crippen LogP contribution in [0.5, 0.6) is 0 Å². The topological polar surface area (TPSA) is 52.6 Å². The number of hydrogen-bond donors (Lipinski definition) is 0. The first kappa shape index (κ1) is 48.4. The molecule has 0 aromatic rings. The molecule has 4 nitrogen and oxygen atoms in total. The van der Waals surface area contributed by atoms with Crippen molar-refractivity contribution >= 4 is 45.4 Å². The third-order valence-corrected chi connectivity index (χ3v) is 30.5. The number of hydrogen-bond acceptors (Lipinski definition) is 6. The van der Waals surface area contributed by atoms with E-state index in [-0.39, 0.29) is 11.9 Å². The monoisotopic (exact) mass is 828 g/mol. The van der Waals surface area contributed by atoms with E-state index in [0.29, 0.717) is 26.1 Å². The van der Waals surface area contributed by atoms with Crippen molar-refractivity contribution in [2.75, 3.05) is 24.7 Å². The van der Waals surface area contributed by atoms with Gasteiger partial charge in [0.1, 0.15) is 0 Å². The Morgan fingerprint density at radius 2 is 0.796 bits per heavy atom. The molecule has 0 amide bonds. The summed E-state index contributed by atoms with van der Waals surface area (Å²) in [7, 11) is 4.00. The summed E-state index contributed by atoms with van der Waals surface area (Å²) >= 11 is -2.32. The van der Waals surface area contributed by atoms with Crippen LogP contribution in [0.4, 0.5) is 0 Å². The molecule has 0 aliphatic heterocycles. The summed E-state index contributed by atoms with van der Waals surface area (Å²) in [5.41, 5.74) is 0. The fraction of sp³-hybridized carbons (Fsp3) is 0.762. The quantitative estimate of drug-likeness (QED) is 0.0271. The Kier molecular flexibility index (Phi) is 38.2. The predicted molar refractivity (Wildman–Crippen MR) is 223 cm³/mol. The Morgan fingerprint density at radius 1 is 0.469 bits per heavy atom. The second-order valence-electron chi connectivity index (χ2n) is 13.5. The summed E-state index contributed by atoms with van der Waals surface area (Å²) in [4.78, 5) is 29.0. The molecule has 0 atom stereocenters. The fourth-order valence-electron chi connectivity index (χ4n) is 5.23. The van der Waals surface area contributed by atoms with Crippen LogP contribution in [0.25, 0.3) is 0 Å². The molecule has 0 unspecified atom stereocenters. The number of esters is 2. The van der Waals surface area contributed by atoms with Gasteiger partial charge in [-0.1, -0.05) is 88.1 Å². The molecular formula is C42H76O4S2Sn. The van der Waals surface area contributed by atoms with E-state index in [1.807, 2.05) is 17.9 Å². The molecule has 0 rings (SSSR count). The second-order valence-corrected chi connectivity index (χ2v) is 43.3. The molecule has 0 heterocycles. The number of carbonyl (C=O) groups is 2. The number of unbranched alkanes of at least 4 members (excludes halogenated alkanes) is 16. The Bertz CT molecular complexity index is 801. The minimum atomic E-state index is -2.32. The third kappa shape index (κ3) is 40.0. The molecule has 0 bridgehead atoms. The molecule has 0 aliphatic rings. The molecule has 284 valence electrons. The van der Waals surface area contributed by atoms with Gasteiger partial charge in [-0.25, -0.2) is 0 Å². The van der Waals surface area contributed by atoms with Crippen molar-refractivity contribution in [3.05, 3.63) is 48.6 Å². The van der Waals surface area contributed by atoms with Crippen LogP contribution in [0.3, 0.4) is 0 Å². The van der Waals surface area contributed by atoms with Crippen LogP contribution in [0.15, 0.2) is 48.6 Å². The van der Waals surface area contributed by atoms with Gasteiger partial charge in [0, 0.05) is 0 Å². The van der Waals surface area contributed by atoms with Crippen LogP contribution in [-0.2, 0) is 19.1 Å². The zero-order valence-electron chi connectivity index (χ0n) is 32.4. The molecule has 49 heavy (non-hydrogen) atoms. The van der Waals surface area contributed by atoms with E-state index in [1.54, 1.807) is 0 Å². The van der Waals surface area contributed by atoms with Gasteiger partial charge in [-0.05, 0) is 38.5 Å². The maximum atomic E-state index is 12.1. The van der Waals surface area contributed by atoms with Crippen molar-refractivity contribution in [2.45, 2.75) is 178 Å². The minimum Gasteiger partial charge on any atom is -0.0882 e. The van der Waals surface area contributed by atoms with Gasteiger partial charge in [0.15, 0.2) is 0 Å². The molecule has 0 fully saturated rings. The van der Waals surface area contributed by atoms with Gasteiger partial charge >= 0.3 is 189 Å². The first-order valence-corrected chi connectivity index (χ1v) is 34.8. The minimum absolute atomic E-state index is 0.0528. The molecule has 0 saturated carbocycles. The standard InChI is InChI=1S/2C20H36O2S.2CH3.Sn/c2*1-2-3-4-5-6-7-8-9-10-11-12-13-14-15-16-17-20(21)22-18-19-23;;;/h2*6-7,9-10,23H,2-5,8,11-19H2,1H3;2*1H3;/q;;;;+2/p-2. The molecule has 0 N–H and O–H groups in total. The van der Waals surface area contributed by atoms with Crippen LogP contribution in [-0.4, -0.2) is 52.3 Å². The van der Waals surface area contributed by atoms with Gasteiger partial charge in [0.25, 0.3) is 0 Å². The summed E-state index contributed by atoms with van der Waals surface area (Å²) in [6.07, 6.45) is 45.6. The SMILES string of the molecule is CCCCCC=CCC=CCCCCCCCC(=O)OCC[S][Sn]([CH3])([CH3])[S]CCOC(=O)CCCCCCCC=CCC=CCCCCC. The van der Waals surface area contributed by atoms with E-state index < -0.39 is 15.6 Å². The molecule has 0 radical (unpaired) electrons. The number of ether oxygens (including phenoxy) is 2. The molecular weight excluding hydrogens is 751 g/mol. The molecule has 0 spiro atoms. The smallest absolute Gasteiger partial charge is 0.0882 e. The summed E-state index contributed by atoms with van der Waals surface area (Å²) in [5.74, 6) is 1.64. The zero-order valence-corrected chi connectivity index (χ0v) is 36.9. The fourth-order valence-corrected chi connectivity index (χ4v) is 22.2. The van der Waals surface area contributed by atoms with Crippen LogP contribution in [0, 0.1) is 0 Å². The van der Waals surface area contributed by atoms with Crippen LogP contribution in [0.2, 0.25) is 9.88 Å². The van der Waals surface area contributed by atoms with Gasteiger partial charge in [0.05, 0.1) is 0 Å². The van der Waals surface area contributed by atoms with Gasteiger partial charge in [-0.15, -0.1) is 0 Å². The van der Waals surface area contributed by atoms with Crippen molar-refractivity contribution in [3.8, 4) is 0 Å². The summed E-state index contributed by atoms with van der Waals surface area (Å²) in [6.45, 7) is 5.51. The molecule has 0 aromatic carbocycles. The Morgan fingerprint density at radius 3 is 1.16 bits per heavy atom. The summed E-state index contributed by atoms with van der Waals surface area (Å²) in [5, 5.41) is 0. The van der Waals surface area contributed by atoms with Crippen molar-refractivity contribution in [2.24, 2.45) is 0 Å². The van der Waals surface area contributed by atoms with Crippen LogP contribution >= 0.6 is 17.9 Å². The molecule has 0 aliphatic carbocycles. The van der Waals surface area contributed by atoms with Gasteiger partial charge < -0.3 is 0 Å². The Hall–Kier alpha value is -0.601. The van der Waals surface area contributed by atoms with Gasteiger partial charge in [-0.3, -0.25) is 0 Å². The summed E-state index contributed by atoms with van der Waals surface area (Å²) in [6, 6.07) is 0. The third-order valence-electron chi connectivity index (χ3n) is 8.26. The van der Waals surface area contributed by atoms with E-state index >= 15 is 0 Å². The molecule has 0 aromatic heterocycles. The summed E-state index contributed by atoms with van der Waals surface area (Å²) < 4.78 is 11.0. The molecule has 0 saturated heterocycles. The first-order valence-electron chi connectivity index (χ1n) is 20.1. The van der Waals surface area contributed by atoms with Crippen LogP contribution in [0.1, 0.15) is 168 Å². The normalized spacial score (nSPS) is 12.3. The van der Waals surface area contributed by atoms with Gasteiger partial charge in [-0.2, -0.15) is 0 Å². The first-order chi connectivity index (χ1) is 23.9. The van der Waals surface area contributed by atoms with E-state index in [0.717, 1.165) is 62.9 Å². The van der Waals surface area contributed by atoms with E-state index in [4.69, 9.17) is 9.47 Å². The average Bonchev–Trinajstić information content (AvgIpc) is 3.08. The van der Waals surface area contributed by atoms with Crippen molar-refractivity contribution < 1.29 is 19.1 Å². The number of carbonyl (C=O) groups excluding carboxylic acids is 2. The van der Waals surface area contributed by atoms with Crippen molar-refractivity contribution in [1.29, 1.82) is 0 Å².